The van der Waals surface area contributed by atoms with Gasteiger partial charge in [-0.15, -0.1) is 0 Å². The molecule has 180 valence electrons. The van der Waals surface area contributed by atoms with Crippen molar-refractivity contribution in [3.8, 4) is 0 Å². The highest BCUT2D eigenvalue weighted by Crippen LogP contribution is 2.11. The van der Waals surface area contributed by atoms with Crippen molar-refractivity contribution in [3.63, 3.8) is 0 Å². The fraction of sp³-hybridized carbons (Fsp3) is 0.800. The molecule has 0 heterocycles. The van der Waals surface area contributed by atoms with Crippen molar-refractivity contribution in [1.82, 2.24) is 16.0 Å². The van der Waals surface area contributed by atoms with Gasteiger partial charge in [0.25, 0.3) is 0 Å². The molecule has 0 bridgehead atoms. The summed E-state index contributed by atoms with van der Waals surface area (Å²) in [7, 11) is 0. The number of carbonyl (C=O) groups is 4. The number of aliphatic hydroxyl groups is 1. The summed E-state index contributed by atoms with van der Waals surface area (Å²) in [6.45, 7) is 6.58. The van der Waals surface area contributed by atoms with E-state index in [1.165, 1.54) is 11.8 Å². The second-order valence-corrected chi connectivity index (χ2v) is 9.02. The van der Waals surface area contributed by atoms with Gasteiger partial charge in [0.15, 0.2) is 0 Å². The minimum absolute atomic E-state index is 0.0438. The van der Waals surface area contributed by atoms with E-state index >= 15 is 0 Å². The Hall–Kier alpha value is -1.85. The van der Waals surface area contributed by atoms with Gasteiger partial charge in [-0.1, -0.05) is 34.1 Å². The Morgan fingerprint density at radius 2 is 1.55 bits per heavy atom. The SMILES string of the molecule is CCC(C)C(NC(=O)C(CO)NC(=O)C(N)CCSC)C(=O)NC(CC(C)C)C(=O)O. The third kappa shape index (κ3) is 10.8. The van der Waals surface area contributed by atoms with Crippen molar-refractivity contribution in [2.75, 3.05) is 18.6 Å². The third-order valence-corrected chi connectivity index (χ3v) is 5.54. The van der Waals surface area contributed by atoms with E-state index in [1.54, 1.807) is 6.92 Å². The molecule has 0 spiro atoms. The Morgan fingerprint density at radius 3 is 2.00 bits per heavy atom. The van der Waals surface area contributed by atoms with Crippen LogP contribution in [0.3, 0.4) is 0 Å². The number of nitrogens with one attached hydrogen (secondary N) is 3. The molecule has 5 atom stereocenters. The molecule has 0 saturated heterocycles. The standard InChI is InChI=1S/C20H38N4O6S/c1-6-12(4)16(19(28)22-14(20(29)30)9-11(2)3)24-18(27)15(10-25)23-17(26)13(21)7-8-31-5/h11-16,25H,6-10,21H2,1-5H3,(H,22,28)(H,23,26)(H,24,27)(H,29,30). The number of hydrogen-bond acceptors (Lipinski definition) is 7. The van der Waals surface area contributed by atoms with Crippen molar-refractivity contribution in [2.45, 2.75) is 71.1 Å². The Balaban J connectivity index is 5.26. The van der Waals surface area contributed by atoms with Crippen LogP contribution in [0.4, 0.5) is 0 Å². The summed E-state index contributed by atoms with van der Waals surface area (Å²) in [6, 6.07) is -4.21. The van der Waals surface area contributed by atoms with Crippen LogP contribution in [0.5, 0.6) is 0 Å². The van der Waals surface area contributed by atoms with E-state index in [0.29, 0.717) is 18.6 Å². The van der Waals surface area contributed by atoms with Crippen LogP contribution in [0.2, 0.25) is 0 Å². The van der Waals surface area contributed by atoms with E-state index in [-0.39, 0.29) is 18.3 Å². The van der Waals surface area contributed by atoms with Crippen LogP contribution in [0.25, 0.3) is 0 Å². The lowest BCUT2D eigenvalue weighted by Crippen LogP contribution is -2.59. The van der Waals surface area contributed by atoms with Crippen LogP contribution in [-0.4, -0.2) is 76.7 Å². The maximum atomic E-state index is 12.8. The summed E-state index contributed by atoms with van der Waals surface area (Å²) < 4.78 is 0. The average molecular weight is 463 g/mol. The zero-order valence-corrected chi connectivity index (χ0v) is 19.8. The molecule has 0 rings (SSSR count). The number of carboxylic acids is 1. The Labute approximate surface area is 188 Å². The van der Waals surface area contributed by atoms with Crippen molar-refractivity contribution >= 4 is 35.5 Å². The zero-order chi connectivity index (χ0) is 24.1. The molecule has 0 aromatic rings. The monoisotopic (exact) mass is 462 g/mol. The average Bonchev–Trinajstić information content (AvgIpc) is 2.71. The van der Waals surface area contributed by atoms with Crippen molar-refractivity contribution < 1.29 is 29.4 Å². The van der Waals surface area contributed by atoms with Gasteiger partial charge < -0.3 is 31.9 Å². The second-order valence-electron chi connectivity index (χ2n) is 8.03. The molecule has 3 amide bonds. The van der Waals surface area contributed by atoms with Gasteiger partial charge >= 0.3 is 5.97 Å². The molecule has 0 fully saturated rings. The van der Waals surface area contributed by atoms with Crippen molar-refractivity contribution in [1.29, 1.82) is 0 Å². The topological polar surface area (TPSA) is 171 Å². The highest BCUT2D eigenvalue weighted by Gasteiger charge is 2.32. The van der Waals surface area contributed by atoms with Gasteiger partial charge in [-0.2, -0.15) is 11.8 Å². The minimum atomic E-state index is -1.28. The van der Waals surface area contributed by atoms with Crippen LogP contribution in [0.1, 0.15) is 47.0 Å². The van der Waals surface area contributed by atoms with Gasteiger partial charge in [0.2, 0.25) is 17.7 Å². The first kappa shape index (κ1) is 29.1. The number of thioether (sulfide) groups is 1. The summed E-state index contributed by atoms with van der Waals surface area (Å²) in [5.74, 6) is -2.70. The fourth-order valence-corrected chi connectivity index (χ4v) is 3.25. The lowest BCUT2D eigenvalue weighted by atomic mass is 9.96. The van der Waals surface area contributed by atoms with E-state index in [2.05, 4.69) is 16.0 Å². The van der Waals surface area contributed by atoms with Gasteiger partial charge in [0.05, 0.1) is 12.6 Å². The van der Waals surface area contributed by atoms with E-state index in [0.717, 1.165) is 0 Å². The maximum absolute atomic E-state index is 12.8. The van der Waals surface area contributed by atoms with E-state index < -0.39 is 54.5 Å². The molecule has 7 N–H and O–H groups in total. The number of nitrogens with two attached hydrogens (primary N) is 1. The molecular formula is C20H38N4O6S. The van der Waals surface area contributed by atoms with Crippen molar-refractivity contribution in [2.24, 2.45) is 17.6 Å². The molecule has 0 aliphatic heterocycles. The minimum Gasteiger partial charge on any atom is -0.480 e. The van der Waals surface area contributed by atoms with Crippen molar-refractivity contribution in [3.05, 3.63) is 0 Å². The molecule has 0 radical (unpaired) electrons. The lowest BCUT2D eigenvalue weighted by molar-refractivity contribution is -0.143. The first-order valence-electron chi connectivity index (χ1n) is 10.5. The molecule has 10 nitrogen and oxygen atoms in total. The first-order valence-corrected chi connectivity index (χ1v) is 11.9. The number of carbonyl (C=O) groups excluding carboxylic acids is 3. The quantitative estimate of drug-likeness (QED) is 0.192. The molecule has 0 aromatic heterocycles. The normalized spacial score (nSPS) is 16.0. The Bertz CT molecular complexity index is 604. The molecule has 0 aliphatic rings. The number of rotatable bonds is 15. The molecule has 0 aromatic carbocycles. The van der Waals surface area contributed by atoms with E-state index in [1.807, 2.05) is 27.0 Å². The van der Waals surface area contributed by atoms with Gasteiger partial charge in [0, 0.05) is 0 Å². The number of aliphatic hydroxyl groups excluding tert-OH is 1. The molecule has 11 heteroatoms. The highest BCUT2D eigenvalue weighted by atomic mass is 32.2. The zero-order valence-electron chi connectivity index (χ0n) is 19.0. The highest BCUT2D eigenvalue weighted by molar-refractivity contribution is 7.98. The van der Waals surface area contributed by atoms with Crippen LogP contribution in [0, 0.1) is 11.8 Å². The van der Waals surface area contributed by atoms with Gasteiger partial charge in [-0.25, -0.2) is 4.79 Å². The third-order valence-electron chi connectivity index (χ3n) is 4.90. The Morgan fingerprint density at radius 1 is 0.968 bits per heavy atom. The van der Waals surface area contributed by atoms with Crippen LogP contribution in [-0.2, 0) is 19.2 Å². The van der Waals surface area contributed by atoms with Gasteiger partial charge in [-0.3, -0.25) is 14.4 Å². The fourth-order valence-electron chi connectivity index (χ4n) is 2.76. The number of amides is 3. The molecule has 31 heavy (non-hydrogen) atoms. The smallest absolute Gasteiger partial charge is 0.326 e. The largest absolute Gasteiger partial charge is 0.480 e. The Kier molecular flexibility index (Phi) is 14.1. The van der Waals surface area contributed by atoms with Gasteiger partial charge in [-0.05, 0) is 36.7 Å². The number of carboxylic acid groups (broad SMARTS) is 1. The summed E-state index contributed by atoms with van der Waals surface area (Å²) in [6.07, 6.45) is 3.07. The number of aliphatic carboxylic acids is 1. The predicted molar refractivity (Wildman–Crippen MR) is 120 cm³/mol. The molecule has 5 unspecified atom stereocenters. The van der Waals surface area contributed by atoms with E-state index in [4.69, 9.17) is 5.73 Å². The van der Waals surface area contributed by atoms with Crippen LogP contribution in [0.15, 0.2) is 0 Å². The van der Waals surface area contributed by atoms with Crippen LogP contribution >= 0.6 is 11.8 Å². The van der Waals surface area contributed by atoms with E-state index in [9.17, 15) is 29.4 Å². The summed E-state index contributed by atoms with van der Waals surface area (Å²) in [5, 5.41) is 26.4. The summed E-state index contributed by atoms with van der Waals surface area (Å²) in [4.78, 5) is 49.1. The second kappa shape index (κ2) is 15.0. The predicted octanol–water partition coefficient (Wildman–Crippen LogP) is -0.310. The maximum Gasteiger partial charge on any atom is 0.326 e. The first-order chi connectivity index (χ1) is 14.5. The number of hydrogen-bond donors (Lipinski definition) is 6. The molecule has 0 aliphatic carbocycles. The van der Waals surface area contributed by atoms with Gasteiger partial charge in [0.1, 0.15) is 18.1 Å². The molecular weight excluding hydrogens is 424 g/mol. The lowest BCUT2D eigenvalue weighted by Gasteiger charge is -2.28. The molecule has 0 saturated carbocycles. The summed E-state index contributed by atoms with van der Waals surface area (Å²) >= 11 is 1.53. The summed E-state index contributed by atoms with van der Waals surface area (Å²) in [5.41, 5.74) is 5.79. The van der Waals surface area contributed by atoms with Crippen LogP contribution < -0.4 is 21.7 Å².